The van der Waals surface area contributed by atoms with Crippen molar-refractivity contribution in [3.63, 3.8) is 0 Å². The van der Waals surface area contributed by atoms with Crippen molar-refractivity contribution in [1.29, 1.82) is 0 Å². The van der Waals surface area contributed by atoms with Crippen LogP contribution in [0.1, 0.15) is 52.9 Å². The molecule has 1 aliphatic carbocycles. The lowest BCUT2D eigenvalue weighted by Crippen LogP contribution is -2.30. The molecule has 1 N–H and O–H groups in total. The minimum atomic E-state index is 0.813. The van der Waals surface area contributed by atoms with Gasteiger partial charge in [-0.05, 0) is 43.9 Å². The van der Waals surface area contributed by atoms with Crippen LogP contribution in [0.2, 0.25) is 0 Å². The Labute approximate surface area is 99.8 Å². The fourth-order valence-electron chi connectivity index (χ4n) is 2.48. The van der Waals surface area contributed by atoms with E-state index in [0.29, 0.717) is 0 Å². The highest BCUT2D eigenvalue weighted by molar-refractivity contribution is 7.99. The highest BCUT2D eigenvalue weighted by Crippen LogP contribution is 2.29. The lowest BCUT2D eigenvalue weighted by molar-refractivity contribution is 0.428. The molecule has 0 aromatic rings. The van der Waals surface area contributed by atoms with Crippen LogP contribution in [0.5, 0.6) is 0 Å². The van der Waals surface area contributed by atoms with Gasteiger partial charge in [0.1, 0.15) is 0 Å². The molecule has 15 heavy (non-hydrogen) atoms. The first kappa shape index (κ1) is 13.4. The molecule has 1 fully saturated rings. The first-order valence-corrected chi connectivity index (χ1v) is 7.66. The van der Waals surface area contributed by atoms with E-state index < -0.39 is 0 Å². The Hall–Kier alpha value is 0.310. The lowest BCUT2D eigenvalue weighted by Gasteiger charge is -2.16. The van der Waals surface area contributed by atoms with E-state index in [-0.39, 0.29) is 0 Å². The zero-order valence-corrected chi connectivity index (χ0v) is 11.4. The molecule has 0 amide bonds. The van der Waals surface area contributed by atoms with E-state index in [4.69, 9.17) is 0 Å². The van der Waals surface area contributed by atoms with Crippen molar-refractivity contribution in [1.82, 2.24) is 5.32 Å². The molecule has 1 saturated carbocycles. The molecule has 0 saturated heterocycles. The fraction of sp³-hybridized carbons (Fsp3) is 1.00. The van der Waals surface area contributed by atoms with Gasteiger partial charge in [-0.25, -0.2) is 0 Å². The smallest absolute Gasteiger partial charge is 0.00781 e. The standard InChI is InChI=1S/C13H27NS/c1-4-6-11(3)10-14-12-7-8-13(9-12)15-5-2/h11-14H,4-10H2,1-3H3. The molecule has 0 aromatic heterocycles. The number of hydrogen-bond donors (Lipinski definition) is 1. The third kappa shape index (κ3) is 5.26. The number of thioether (sulfide) groups is 1. The van der Waals surface area contributed by atoms with E-state index in [1.807, 2.05) is 0 Å². The molecular weight excluding hydrogens is 202 g/mol. The van der Waals surface area contributed by atoms with Crippen molar-refractivity contribution in [2.75, 3.05) is 12.3 Å². The van der Waals surface area contributed by atoms with Crippen LogP contribution in [0.3, 0.4) is 0 Å². The van der Waals surface area contributed by atoms with Gasteiger partial charge in [0.15, 0.2) is 0 Å². The van der Waals surface area contributed by atoms with Crippen molar-refractivity contribution < 1.29 is 0 Å². The van der Waals surface area contributed by atoms with Gasteiger partial charge >= 0.3 is 0 Å². The van der Waals surface area contributed by atoms with Gasteiger partial charge in [0.25, 0.3) is 0 Å². The van der Waals surface area contributed by atoms with Gasteiger partial charge in [0.05, 0.1) is 0 Å². The maximum absolute atomic E-state index is 3.74. The molecule has 0 bridgehead atoms. The summed E-state index contributed by atoms with van der Waals surface area (Å²) in [5, 5.41) is 4.68. The summed E-state index contributed by atoms with van der Waals surface area (Å²) in [4.78, 5) is 0. The van der Waals surface area contributed by atoms with Crippen LogP contribution in [0, 0.1) is 5.92 Å². The van der Waals surface area contributed by atoms with Crippen LogP contribution in [0.15, 0.2) is 0 Å². The molecule has 1 nitrogen and oxygen atoms in total. The lowest BCUT2D eigenvalue weighted by atomic mass is 10.1. The van der Waals surface area contributed by atoms with Crippen LogP contribution < -0.4 is 5.32 Å². The topological polar surface area (TPSA) is 12.0 Å². The average Bonchev–Trinajstić information content (AvgIpc) is 2.64. The molecule has 3 unspecified atom stereocenters. The Bertz CT molecular complexity index is 161. The Morgan fingerprint density at radius 1 is 1.33 bits per heavy atom. The highest BCUT2D eigenvalue weighted by atomic mass is 32.2. The SMILES string of the molecule is CCCC(C)CNC1CCC(SCC)C1. The van der Waals surface area contributed by atoms with E-state index >= 15 is 0 Å². The largest absolute Gasteiger partial charge is 0.314 e. The molecule has 0 spiro atoms. The Kier molecular flexibility index (Phi) is 6.74. The number of rotatable bonds is 7. The molecule has 1 rings (SSSR count). The predicted molar refractivity (Wildman–Crippen MR) is 71.6 cm³/mol. The molecule has 90 valence electrons. The maximum Gasteiger partial charge on any atom is 0.00781 e. The van der Waals surface area contributed by atoms with Crippen LogP contribution in [-0.4, -0.2) is 23.6 Å². The third-order valence-corrected chi connectivity index (χ3v) is 4.56. The van der Waals surface area contributed by atoms with Crippen LogP contribution in [0.4, 0.5) is 0 Å². The minimum absolute atomic E-state index is 0.813. The summed E-state index contributed by atoms with van der Waals surface area (Å²) >= 11 is 2.15. The second-order valence-corrected chi connectivity index (χ2v) is 6.47. The summed E-state index contributed by atoms with van der Waals surface area (Å²) in [6.45, 7) is 8.14. The van der Waals surface area contributed by atoms with Gasteiger partial charge in [-0.3, -0.25) is 0 Å². The Balaban J connectivity index is 2.08. The molecule has 0 aromatic carbocycles. The van der Waals surface area contributed by atoms with Gasteiger partial charge in [-0.15, -0.1) is 0 Å². The van der Waals surface area contributed by atoms with Crippen LogP contribution in [-0.2, 0) is 0 Å². The predicted octanol–water partition coefficient (Wildman–Crippen LogP) is 3.69. The molecule has 2 heteroatoms. The van der Waals surface area contributed by atoms with E-state index in [9.17, 15) is 0 Å². The van der Waals surface area contributed by atoms with Gasteiger partial charge < -0.3 is 5.32 Å². The summed E-state index contributed by atoms with van der Waals surface area (Å²) in [5.74, 6) is 2.14. The van der Waals surface area contributed by atoms with Crippen molar-refractivity contribution in [3.05, 3.63) is 0 Å². The monoisotopic (exact) mass is 229 g/mol. The van der Waals surface area contributed by atoms with E-state index in [1.54, 1.807) is 0 Å². The summed E-state index contributed by atoms with van der Waals surface area (Å²) in [7, 11) is 0. The van der Waals surface area contributed by atoms with Crippen LogP contribution >= 0.6 is 11.8 Å². The number of hydrogen-bond acceptors (Lipinski definition) is 2. The van der Waals surface area contributed by atoms with Crippen molar-refractivity contribution in [2.45, 2.75) is 64.2 Å². The summed E-state index contributed by atoms with van der Waals surface area (Å²) < 4.78 is 0. The quantitative estimate of drug-likeness (QED) is 0.714. The summed E-state index contributed by atoms with van der Waals surface area (Å²) in [6.07, 6.45) is 6.92. The molecule has 1 aliphatic rings. The molecule has 0 heterocycles. The average molecular weight is 229 g/mol. The summed E-state index contributed by atoms with van der Waals surface area (Å²) in [5.41, 5.74) is 0. The van der Waals surface area contributed by atoms with Crippen molar-refractivity contribution in [2.24, 2.45) is 5.92 Å². The zero-order chi connectivity index (χ0) is 11.1. The van der Waals surface area contributed by atoms with Gasteiger partial charge in [-0.1, -0.05) is 27.2 Å². The minimum Gasteiger partial charge on any atom is -0.314 e. The van der Waals surface area contributed by atoms with Crippen molar-refractivity contribution in [3.8, 4) is 0 Å². The maximum atomic E-state index is 3.74. The Morgan fingerprint density at radius 2 is 2.13 bits per heavy atom. The zero-order valence-electron chi connectivity index (χ0n) is 10.6. The highest BCUT2D eigenvalue weighted by Gasteiger charge is 2.24. The van der Waals surface area contributed by atoms with Crippen molar-refractivity contribution >= 4 is 11.8 Å². The first-order valence-electron chi connectivity index (χ1n) is 6.61. The molecule has 0 radical (unpaired) electrons. The third-order valence-electron chi connectivity index (χ3n) is 3.32. The van der Waals surface area contributed by atoms with Gasteiger partial charge in [-0.2, -0.15) is 11.8 Å². The van der Waals surface area contributed by atoms with E-state index in [1.165, 1.54) is 44.4 Å². The molecule has 3 atom stereocenters. The van der Waals surface area contributed by atoms with E-state index in [0.717, 1.165) is 17.2 Å². The molecule has 0 aliphatic heterocycles. The van der Waals surface area contributed by atoms with Crippen LogP contribution in [0.25, 0.3) is 0 Å². The Morgan fingerprint density at radius 3 is 2.80 bits per heavy atom. The normalized spacial score (nSPS) is 28.2. The fourth-order valence-corrected chi connectivity index (χ4v) is 3.62. The summed E-state index contributed by atoms with van der Waals surface area (Å²) in [6, 6.07) is 0.813. The van der Waals surface area contributed by atoms with Gasteiger partial charge in [0, 0.05) is 11.3 Å². The number of nitrogens with one attached hydrogen (secondary N) is 1. The van der Waals surface area contributed by atoms with Gasteiger partial charge in [0.2, 0.25) is 0 Å². The second-order valence-electron chi connectivity index (χ2n) is 4.89. The molecular formula is C13H27NS. The van der Waals surface area contributed by atoms with E-state index in [2.05, 4.69) is 37.8 Å². The second kappa shape index (κ2) is 7.56. The first-order chi connectivity index (χ1) is 7.26.